The van der Waals surface area contributed by atoms with Gasteiger partial charge in [0.2, 0.25) is 5.88 Å². The van der Waals surface area contributed by atoms with Crippen molar-refractivity contribution in [2.45, 2.75) is 26.6 Å². The van der Waals surface area contributed by atoms with Crippen molar-refractivity contribution in [3.05, 3.63) is 88.9 Å². The molecule has 2 amide bonds. The zero-order valence-electron chi connectivity index (χ0n) is 19.1. The zero-order chi connectivity index (χ0) is 25.9. The van der Waals surface area contributed by atoms with E-state index in [1.54, 1.807) is 48.9 Å². The van der Waals surface area contributed by atoms with Crippen molar-refractivity contribution in [3.63, 3.8) is 0 Å². The van der Waals surface area contributed by atoms with Gasteiger partial charge < -0.3 is 19.9 Å². The number of imidazole rings is 1. The number of hydrogen-bond acceptors (Lipinski definition) is 5. The quantitative estimate of drug-likeness (QED) is 0.287. The third kappa shape index (κ3) is 6.30. The fourth-order valence-electron chi connectivity index (χ4n) is 3.46. The van der Waals surface area contributed by atoms with Crippen molar-refractivity contribution >= 4 is 29.0 Å². The molecule has 186 valence electrons. The van der Waals surface area contributed by atoms with Gasteiger partial charge in [-0.25, -0.2) is 19.7 Å². The van der Waals surface area contributed by atoms with E-state index in [1.165, 1.54) is 24.5 Å². The Balaban J connectivity index is 1.43. The van der Waals surface area contributed by atoms with Gasteiger partial charge in [-0.15, -0.1) is 0 Å². The predicted octanol–water partition coefficient (Wildman–Crippen LogP) is 6.45. The second-order valence-corrected chi connectivity index (χ2v) is 8.20. The van der Waals surface area contributed by atoms with Gasteiger partial charge in [0.15, 0.2) is 0 Å². The first-order valence-electron chi connectivity index (χ1n) is 10.6. The van der Waals surface area contributed by atoms with Crippen LogP contribution in [0.2, 0.25) is 5.15 Å². The summed E-state index contributed by atoms with van der Waals surface area (Å²) in [6, 6.07) is 10.7. The van der Waals surface area contributed by atoms with Gasteiger partial charge in [-0.05, 0) is 55.8 Å². The molecule has 0 aliphatic heterocycles. The highest BCUT2D eigenvalue weighted by molar-refractivity contribution is 6.29. The van der Waals surface area contributed by atoms with Gasteiger partial charge in [-0.2, -0.15) is 13.2 Å². The molecule has 0 saturated carbocycles. The monoisotopic (exact) mass is 516 g/mol. The number of aryl methyl sites for hydroxylation is 2. The molecular formula is C24H20ClF3N6O2. The maximum atomic E-state index is 13.8. The molecule has 12 heteroatoms. The summed E-state index contributed by atoms with van der Waals surface area (Å²) in [5.74, 6) is 1.29. The first-order chi connectivity index (χ1) is 17.1. The summed E-state index contributed by atoms with van der Waals surface area (Å²) in [5, 5.41) is 5.23. The number of urea groups is 1. The fourth-order valence-corrected chi connectivity index (χ4v) is 3.60. The van der Waals surface area contributed by atoms with Crippen molar-refractivity contribution in [3.8, 4) is 11.6 Å². The van der Waals surface area contributed by atoms with Crippen LogP contribution in [0.15, 0.2) is 61.1 Å². The molecule has 8 nitrogen and oxygen atoms in total. The molecule has 0 unspecified atom stereocenters. The lowest BCUT2D eigenvalue weighted by molar-refractivity contribution is -0.138. The third-order valence-electron chi connectivity index (χ3n) is 5.05. The van der Waals surface area contributed by atoms with E-state index in [-0.39, 0.29) is 28.8 Å². The molecule has 2 heterocycles. The summed E-state index contributed by atoms with van der Waals surface area (Å²) in [5.41, 5.74) is 0.350. The lowest BCUT2D eigenvalue weighted by Crippen LogP contribution is -2.20. The van der Waals surface area contributed by atoms with Crippen LogP contribution < -0.4 is 15.4 Å². The van der Waals surface area contributed by atoms with Crippen molar-refractivity contribution in [1.29, 1.82) is 0 Å². The van der Waals surface area contributed by atoms with Crippen LogP contribution in [0.4, 0.5) is 29.3 Å². The third-order valence-corrected chi connectivity index (χ3v) is 5.26. The Morgan fingerprint density at radius 2 is 1.72 bits per heavy atom. The van der Waals surface area contributed by atoms with Crippen LogP contribution in [0.1, 0.15) is 22.6 Å². The van der Waals surface area contributed by atoms with Crippen LogP contribution in [-0.4, -0.2) is 25.6 Å². The molecule has 4 aromatic rings. The first-order valence-corrected chi connectivity index (χ1v) is 11.0. The molecule has 0 spiro atoms. The molecule has 0 saturated heterocycles. The Morgan fingerprint density at radius 3 is 2.36 bits per heavy atom. The van der Waals surface area contributed by atoms with Gasteiger partial charge in [-0.1, -0.05) is 17.7 Å². The Bertz CT molecular complexity index is 1390. The second kappa shape index (κ2) is 10.2. The Kier molecular flexibility index (Phi) is 7.11. The van der Waals surface area contributed by atoms with E-state index in [4.69, 9.17) is 16.3 Å². The maximum Gasteiger partial charge on any atom is 0.416 e. The van der Waals surface area contributed by atoms with E-state index < -0.39 is 17.8 Å². The van der Waals surface area contributed by atoms with Crippen LogP contribution in [0.25, 0.3) is 0 Å². The number of aromatic nitrogens is 4. The lowest BCUT2D eigenvalue weighted by Gasteiger charge is -2.16. The van der Waals surface area contributed by atoms with Crippen LogP contribution in [0, 0.1) is 13.8 Å². The van der Waals surface area contributed by atoms with E-state index in [1.807, 2.05) is 0 Å². The summed E-state index contributed by atoms with van der Waals surface area (Å²) in [6.07, 6.45) is -1.65. The average molecular weight is 517 g/mol. The molecule has 0 aliphatic rings. The van der Waals surface area contributed by atoms with E-state index >= 15 is 0 Å². The number of alkyl halides is 3. The molecule has 2 N–H and O–H groups in total. The molecule has 0 atom stereocenters. The molecule has 0 bridgehead atoms. The molecule has 4 rings (SSSR count). The van der Waals surface area contributed by atoms with Gasteiger partial charge in [0.1, 0.15) is 23.1 Å². The molecule has 36 heavy (non-hydrogen) atoms. The number of carbonyl (C=O) groups is 1. The van der Waals surface area contributed by atoms with Crippen LogP contribution in [0.3, 0.4) is 0 Å². The summed E-state index contributed by atoms with van der Waals surface area (Å²) < 4.78 is 48.5. The largest absolute Gasteiger partial charge is 0.439 e. The lowest BCUT2D eigenvalue weighted by atomic mass is 10.1. The fraction of sp³-hybridized carbons (Fsp3) is 0.167. The molecule has 0 fully saturated rings. The van der Waals surface area contributed by atoms with E-state index in [0.717, 1.165) is 6.07 Å². The summed E-state index contributed by atoms with van der Waals surface area (Å²) >= 11 is 5.80. The first kappa shape index (κ1) is 25.0. The Labute approximate surface area is 209 Å². The molecular weight excluding hydrogens is 497 g/mol. The van der Waals surface area contributed by atoms with E-state index in [2.05, 4.69) is 25.6 Å². The van der Waals surface area contributed by atoms with Crippen LogP contribution >= 0.6 is 11.6 Å². The van der Waals surface area contributed by atoms with Crippen LogP contribution in [0.5, 0.6) is 11.6 Å². The van der Waals surface area contributed by atoms with Gasteiger partial charge in [0.05, 0.1) is 11.3 Å². The van der Waals surface area contributed by atoms with Gasteiger partial charge in [0.25, 0.3) is 0 Å². The SMILES string of the molecule is Cc1cn(Cc2ccc(NC(=O)Nc3ccc(Oc4cc(Cl)ncn4)cc3)cc2C(F)(F)F)c(C)n1. The average Bonchev–Trinajstić information content (AvgIpc) is 3.12. The number of halogens is 4. The van der Waals surface area contributed by atoms with Gasteiger partial charge in [-0.3, -0.25) is 0 Å². The molecule has 0 radical (unpaired) electrons. The standard InChI is InChI=1S/C24H20ClF3N6O2/c1-14-11-34(15(2)31-14)12-16-3-4-18(9-20(16)24(26,27)28)33-23(35)32-17-5-7-19(8-6-17)36-22-10-21(25)29-13-30-22/h3-11,13H,12H2,1-2H3,(H2,32,33,35). The highest BCUT2D eigenvalue weighted by Gasteiger charge is 2.34. The van der Waals surface area contributed by atoms with E-state index in [9.17, 15) is 18.0 Å². The number of ether oxygens (including phenoxy) is 1. The predicted molar refractivity (Wildman–Crippen MR) is 128 cm³/mol. The maximum absolute atomic E-state index is 13.8. The Hall–Kier alpha value is -4.12. The Morgan fingerprint density at radius 1 is 1.03 bits per heavy atom. The topological polar surface area (TPSA) is 94.0 Å². The molecule has 0 aliphatic carbocycles. The number of amides is 2. The highest BCUT2D eigenvalue weighted by atomic mass is 35.5. The number of benzene rings is 2. The zero-order valence-corrected chi connectivity index (χ0v) is 19.9. The summed E-state index contributed by atoms with van der Waals surface area (Å²) in [6.45, 7) is 3.50. The van der Waals surface area contributed by atoms with Gasteiger partial charge >= 0.3 is 12.2 Å². The molecule has 2 aromatic heterocycles. The number of nitrogens with zero attached hydrogens (tertiary/aromatic N) is 4. The van der Waals surface area contributed by atoms with Crippen molar-refractivity contribution in [2.75, 3.05) is 10.6 Å². The minimum atomic E-state index is -4.60. The smallest absolute Gasteiger partial charge is 0.416 e. The van der Waals surface area contributed by atoms with Crippen molar-refractivity contribution < 1.29 is 22.7 Å². The summed E-state index contributed by atoms with van der Waals surface area (Å²) in [4.78, 5) is 24.3. The van der Waals surface area contributed by atoms with Crippen LogP contribution in [-0.2, 0) is 12.7 Å². The minimum absolute atomic E-state index is 0.00250. The number of hydrogen-bond donors (Lipinski definition) is 2. The van der Waals surface area contributed by atoms with E-state index in [0.29, 0.717) is 23.0 Å². The number of nitrogens with one attached hydrogen (secondary N) is 2. The molecule has 2 aromatic carbocycles. The van der Waals surface area contributed by atoms with Gasteiger partial charge in [0, 0.05) is 30.2 Å². The number of rotatable bonds is 6. The minimum Gasteiger partial charge on any atom is -0.439 e. The second-order valence-electron chi connectivity index (χ2n) is 7.81. The van der Waals surface area contributed by atoms with Crippen molar-refractivity contribution in [2.24, 2.45) is 0 Å². The summed E-state index contributed by atoms with van der Waals surface area (Å²) in [7, 11) is 0. The normalized spacial score (nSPS) is 11.3. The number of anilines is 2. The van der Waals surface area contributed by atoms with Crippen molar-refractivity contribution in [1.82, 2.24) is 19.5 Å². The highest BCUT2D eigenvalue weighted by Crippen LogP contribution is 2.34. The number of carbonyl (C=O) groups excluding carboxylic acids is 1.